The average Bonchev–Trinajstić information content (AvgIpc) is 2.39. The van der Waals surface area contributed by atoms with Crippen molar-refractivity contribution in [2.75, 3.05) is 6.54 Å². The Bertz CT molecular complexity index is 345. The smallest absolute Gasteiger partial charge is 0.0928 e. The van der Waals surface area contributed by atoms with E-state index in [0.717, 1.165) is 5.56 Å². The topological polar surface area (TPSA) is 35.5 Å². The van der Waals surface area contributed by atoms with Crippen molar-refractivity contribution in [2.45, 2.75) is 51.3 Å². The van der Waals surface area contributed by atoms with E-state index in [-0.39, 0.29) is 0 Å². The maximum atomic E-state index is 10.1. The van der Waals surface area contributed by atoms with Crippen LogP contribution >= 0.6 is 0 Å². The number of aliphatic hydroxyl groups excluding tert-OH is 1. The minimum atomic E-state index is -0.437. The predicted octanol–water partition coefficient (Wildman–Crippen LogP) is 2.49. The summed E-state index contributed by atoms with van der Waals surface area (Å²) >= 11 is 0. The summed E-state index contributed by atoms with van der Waals surface area (Å²) in [6, 6.07) is 10.9. The number of rotatable bonds is 4. The molecule has 1 aliphatic rings. The van der Waals surface area contributed by atoms with Gasteiger partial charge in [0.1, 0.15) is 0 Å². The number of hydrogen-bond donors (Lipinski definition) is 2. The second-order valence-electron chi connectivity index (χ2n) is 5.32. The molecule has 0 radical (unpaired) electrons. The normalized spacial score (nSPS) is 27.1. The number of nitrogens with one attached hydrogen (secondary N) is 1. The highest BCUT2D eigenvalue weighted by Gasteiger charge is 2.24. The lowest BCUT2D eigenvalue weighted by molar-refractivity contribution is 0.0262. The molecule has 100 valence electrons. The number of piperidine rings is 1. The van der Waals surface area contributed by atoms with Gasteiger partial charge in [-0.25, -0.2) is 5.01 Å². The van der Waals surface area contributed by atoms with Gasteiger partial charge in [0.15, 0.2) is 0 Å². The lowest BCUT2D eigenvalue weighted by atomic mass is 10.00. The van der Waals surface area contributed by atoms with Gasteiger partial charge in [-0.1, -0.05) is 36.8 Å². The Balaban J connectivity index is 1.87. The van der Waals surface area contributed by atoms with Crippen molar-refractivity contribution in [3.05, 3.63) is 35.9 Å². The van der Waals surface area contributed by atoms with E-state index in [0.29, 0.717) is 18.6 Å². The van der Waals surface area contributed by atoms with Gasteiger partial charge in [0, 0.05) is 18.6 Å². The Morgan fingerprint density at radius 1 is 1.22 bits per heavy atom. The SMILES string of the molecule is CC1CCCC(C)N1NCC(O)c1ccccc1. The quantitative estimate of drug-likeness (QED) is 0.859. The summed E-state index contributed by atoms with van der Waals surface area (Å²) in [6.07, 6.45) is 3.34. The monoisotopic (exact) mass is 248 g/mol. The third kappa shape index (κ3) is 3.31. The number of aliphatic hydroxyl groups is 1. The maximum absolute atomic E-state index is 10.1. The molecule has 0 amide bonds. The maximum Gasteiger partial charge on any atom is 0.0928 e. The summed E-state index contributed by atoms with van der Waals surface area (Å²) in [5.74, 6) is 0. The molecule has 18 heavy (non-hydrogen) atoms. The van der Waals surface area contributed by atoms with Crippen LogP contribution in [0.2, 0.25) is 0 Å². The zero-order valence-electron chi connectivity index (χ0n) is 11.3. The molecule has 3 heteroatoms. The third-order valence-electron chi connectivity index (χ3n) is 3.85. The predicted molar refractivity (Wildman–Crippen MR) is 74.0 cm³/mol. The van der Waals surface area contributed by atoms with Gasteiger partial charge in [0.2, 0.25) is 0 Å². The molecular weight excluding hydrogens is 224 g/mol. The van der Waals surface area contributed by atoms with E-state index in [1.807, 2.05) is 30.3 Å². The zero-order valence-corrected chi connectivity index (χ0v) is 11.3. The number of hydrogen-bond acceptors (Lipinski definition) is 3. The fourth-order valence-corrected chi connectivity index (χ4v) is 2.72. The van der Waals surface area contributed by atoms with Crippen LogP contribution in [0.15, 0.2) is 30.3 Å². The van der Waals surface area contributed by atoms with E-state index in [4.69, 9.17) is 0 Å². The summed E-state index contributed by atoms with van der Waals surface area (Å²) in [7, 11) is 0. The average molecular weight is 248 g/mol. The molecule has 3 atom stereocenters. The molecule has 1 heterocycles. The van der Waals surface area contributed by atoms with Crippen molar-refractivity contribution in [3.63, 3.8) is 0 Å². The molecule has 1 fully saturated rings. The van der Waals surface area contributed by atoms with Crippen molar-refractivity contribution >= 4 is 0 Å². The summed E-state index contributed by atoms with van der Waals surface area (Å²) in [5.41, 5.74) is 4.38. The van der Waals surface area contributed by atoms with Crippen molar-refractivity contribution < 1.29 is 5.11 Å². The van der Waals surface area contributed by atoms with E-state index < -0.39 is 6.10 Å². The van der Waals surface area contributed by atoms with Gasteiger partial charge >= 0.3 is 0 Å². The Kier molecular flexibility index (Phi) is 4.75. The highest BCUT2D eigenvalue weighted by molar-refractivity contribution is 5.17. The number of benzene rings is 1. The first-order valence-electron chi connectivity index (χ1n) is 6.93. The van der Waals surface area contributed by atoms with Gasteiger partial charge < -0.3 is 5.11 Å². The van der Waals surface area contributed by atoms with Crippen LogP contribution in [0.5, 0.6) is 0 Å². The van der Waals surface area contributed by atoms with Crippen molar-refractivity contribution in [1.29, 1.82) is 0 Å². The van der Waals surface area contributed by atoms with Crippen molar-refractivity contribution in [2.24, 2.45) is 0 Å². The first-order chi connectivity index (χ1) is 8.68. The molecule has 0 bridgehead atoms. The fraction of sp³-hybridized carbons (Fsp3) is 0.600. The van der Waals surface area contributed by atoms with Crippen LogP contribution in [0, 0.1) is 0 Å². The number of nitrogens with zero attached hydrogens (tertiary/aromatic N) is 1. The third-order valence-corrected chi connectivity index (χ3v) is 3.85. The molecule has 2 N–H and O–H groups in total. The van der Waals surface area contributed by atoms with Gasteiger partial charge in [-0.2, -0.15) is 0 Å². The molecular formula is C15H24N2O. The van der Waals surface area contributed by atoms with Crippen molar-refractivity contribution in [1.82, 2.24) is 10.4 Å². The Morgan fingerprint density at radius 2 is 1.83 bits per heavy atom. The molecule has 0 aromatic heterocycles. The summed E-state index contributed by atoms with van der Waals surface area (Å²) in [6.45, 7) is 5.08. The van der Waals surface area contributed by atoms with E-state index in [1.165, 1.54) is 19.3 Å². The van der Waals surface area contributed by atoms with E-state index in [9.17, 15) is 5.11 Å². The van der Waals surface area contributed by atoms with Gasteiger partial charge in [-0.3, -0.25) is 5.43 Å². The van der Waals surface area contributed by atoms with Gasteiger partial charge in [-0.15, -0.1) is 0 Å². The zero-order chi connectivity index (χ0) is 13.0. The first kappa shape index (κ1) is 13.5. The fourth-order valence-electron chi connectivity index (χ4n) is 2.72. The molecule has 0 saturated carbocycles. The largest absolute Gasteiger partial charge is 0.387 e. The summed E-state index contributed by atoms with van der Waals surface area (Å²) in [5, 5.41) is 12.4. The Morgan fingerprint density at radius 3 is 2.44 bits per heavy atom. The molecule has 0 spiro atoms. The molecule has 1 aliphatic heterocycles. The molecule has 2 rings (SSSR count). The highest BCUT2D eigenvalue weighted by Crippen LogP contribution is 2.21. The van der Waals surface area contributed by atoms with Crippen molar-refractivity contribution in [3.8, 4) is 0 Å². The van der Waals surface area contributed by atoms with Crippen LogP contribution in [0.1, 0.15) is 44.8 Å². The highest BCUT2D eigenvalue weighted by atomic mass is 16.3. The van der Waals surface area contributed by atoms with Crippen LogP contribution in [0.3, 0.4) is 0 Å². The standard InChI is InChI=1S/C15H24N2O/c1-12-7-6-8-13(2)17(12)16-11-15(18)14-9-4-3-5-10-14/h3-5,9-10,12-13,15-16,18H,6-8,11H2,1-2H3. The first-order valence-corrected chi connectivity index (χ1v) is 6.93. The Labute approximate surface area is 110 Å². The minimum absolute atomic E-state index is 0.437. The Hall–Kier alpha value is -0.900. The van der Waals surface area contributed by atoms with Crippen LogP contribution in [0.4, 0.5) is 0 Å². The summed E-state index contributed by atoms with van der Waals surface area (Å²) < 4.78 is 0. The number of hydrazine groups is 1. The van der Waals surface area contributed by atoms with Crippen LogP contribution in [-0.4, -0.2) is 28.7 Å². The van der Waals surface area contributed by atoms with Gasteiger partial charge in [0.05, 0.1) is 6.10 Å². The lowest BCUT2D eigenvalue weighted by Gasteiger charge is -2.39. The van der Waals surface area contributed by atoms with Crippen LogP contribution < -0.4 is 5.43 Å². The minimum Gasteiger partial charge on any atom is -0.387 e. The molecule has 0 aliphatic carbocycles. The molecule has 3 unspecified atom stereocenters. The molecule has 3 nitrogen and oxygen atoms in total. The van der Waals surface area contributed by atoms with E-state index >= 15 is 0 Å². The molecule has 1 saturated heterocycles. The van der Waals surface area contributed by atoms with Gasteiger partial charge in [0.25, 0.3) is 0 Å². The van der Waals surface area contributed by atoms with Gasteiger partial charge in [-0.05, 0) is 32.3 Å². The summed E-state index contributed by atoms with van der Waals surface area (Å²) in [4.78, 5) is 0. The second kappa shape index (κ2) is 6.32. The lowest BCUT2D eigenvalue weighted by Crippen LogP contribution is -2.52. The molecule has 1 aromatic carbocycles. The molecule has 1 aromatic rings. The van der Waals surface area contributed by atoms with E-state index in [1.54, 1.807) is 0 Å². The second-order valence-corrected chi connectivity index (χ2v) is 5.32. The van der Waals surface area contributed by atoms with Crippen LogP contribution in [-0.2, 0) is 0 Å². The van der Waals surface area contributed by atoms with Crippen LogP contribution in [0.25, 0.3) is 0 Å². The van der Waals surface area contributed by atoms with E-state index in [2.05, 4.69) is 24.3 Å².